The maximum absolute atomic E-state index is 12.3. The first kappa shape index (κ1) is 34.9. The van der Waals surface area contributed by atoms with Gasteiger partial charge in [0.05, 0.1) is 11.8 Å². The molecule has 6 heteroatoms. The van der Waals surface area contributed by atoms with Gasteiger partial charge in [-0.25, -0.2) is 0 Å². The van der Waals surface area contributed by atoms with Crippen LogP contribution in [0.2, 0.25) is 10.0 Å². The molecular weight excluding hydrogens is 587 g/mol. The van der Waals surface area contributed by atoms with Gasteiger partial charge in [-0.15, -0.1) is 0 Å². The van der Waals surface area contributed by atoms with E-state index in [0.717, 1.165) is 35.3 Å². The van der Waals surface area contributed by atoms with E-state index in [1.807, 2.05) is 62.4 Å². The van der Waals surface area contributed by atoms with Crippen LogP contribution in [0.1, 0.15) is 75.6 Å². The van der Waals surface area contributed by atoms with Gasteiger partial charge in [-0.2, -0.15) is 0 Å². The quantitative estimate of drug-likeness (QED) is 0.183. The van der Waals surface area contributed by atoms with Crippen LogP contribution in [0.4, 0.5) is 11.4 Å². The fraction of sp³-hybridized carbons (Fsp3) is 0.316. The van der Waals surface area contributed by atoms with Gasteiger partial charge in [0.2, 0.25) is 11.8 Å². The number of anilines is 2. The lowest BCUT2D eigenvalue weighted by molar-refractivity contribution is -0.118. The van der Waals surface area contributed by atoms with E-state index < -0.39 is 0 Å². The average molecular weight is 632 g/mol. The van der Waals surface area contributed by atoms with E-state index in [9.17, 15) is 9.59 Å². The molecule has 2 atom stereocenters. The summed E-state index contributed by atoms with van der Waals surface area (Å²) in [5.41, 5.74) is 6.10. The number of hydrogen-bond donors (Lipinski definition) is 2. The highest BCUT2D eigenvalue weighted by Crippen LogP contribution is 2.23. The molecule has 4 nitrogen and oxygen atoms in total. The summed E-state index contributed by atoms with van der Waals surface area (Å²) >= 11 is 11.9. The van der Waals surface area contributed by atoms with Gasteiger partial charge in [0.1, 0.15) is 0 Å². The average Bonchev–Trinajstić information content (AvgIpc) is 2.97. The third-order valence-corrected chi connectivity index (χ3v) is 7.69. The molecule has 0 radical (unpaired) electrons. The number of nitrogens with one attached hydrogen (secondary N) is 2. The first-order valence-corrected chi connectivity index (χ1v) is 16.0. The van der Waals surface area contributed by atoms with Crippen molar-refractivity contribution in [3.63, 3.8) is 0 Å². The van der Waals surface area contributed by atoms with Gasteiger partial charge in [0.25, 0.3) is 0 Å². The van der Waals surface area contributed by atoms with Crippen LogP contribution in [0.15, 0.2) is 97.1 Å². The molecule has 0 fully saturated rings. The molecule has 4 aromatic carbocycles. The van der Waals surface area contributed by atoms with Gasteiger partial charge in [0.15, 0.2) is 0 Å². The number of amides is 2. The molecule has 2 amide bonds. The Kier molecular flexibility index (Phi) is 13.5. The second-order valence-corrected chi connectivity index (χ2v) is 13.0. The third kappa shape index (κ3) is 11.5. The maximum atomic E-state index is 12.3. The molecule has 0 aromatic heterocycles. The topological polar surface area (TPSA) is 58.2 Å². The zero-order valence-electron chi connectivity index (χ0n) is 26.5. The van der Waals surface area contributed by atoms with E-state index in [-0.39, 0.29) is 23.7 Å². The molecule has 0 saturated carbocycles. The summed E-state index contributed by atoms with van der Waals surface area (Å²) in [4.78, 5) is 24.7. The molecule has 4 rings (SSSR count). The lowest BCUT2D eigenvalue weighted by Crippen LogP contribution is -2.18. The summed E-state index contributed by atoms with van der Waals surface area (Å²) in [6, 6.07) is 31.0. The first-order chi connectivity index (χ1) is 20.9. The predicted octanol–water partition coefficient (Wildman–Crippen LogP) is 10.6. The Morgan fingerprint density at radius 3 is 1.18 bits per heavy atom. The number of hydrogen-bond acceptors (Lipinski definition) is 2. The van der Waals surface area contributed by atoms with Crippen LogP contribution in [0.3, 0.4) is 0 Å². The Balaban J connectivity index is 0.000000240. The largest absolute Gasteiger partial charge is 0.326 e. The van der Waals surface area contributed by atoms with Crippen LogP contribution < -0.4 is 10.6 Å². The molecule has 0 aliphatic heterocycles. The van der Waals surface area contributed by atoms with Crippen molar-refractivity contribution < 1.29 is 9.59 Å². The molecule has 0 aliphatic rings. The molecule has 2 N–H and O–H groups in total. The Labute approximate surface area is 273 Å². The van der Waals surface area contributed by atoms with Crippen molar-refractivity contribution in [1.82, 2.24) is 0 Å². The second-order valence-electron chi connectivity index (χ2n) is 12.1. The minimum Gasteiger partial charge on any atom is -0.326 e. The van der Waals surface area contributed by atoms with Crippen molar-refractivity contribution in [3.8, 4) is 0 Å². The summed E-state index contributed by atoms with van der Waals surface area (Å²) < 4.78 is 0. The molecule has 4 aromatic rings. The van der Waals surface area contributed by atoms with Gasteiger partial charge in [-0.3, -0.25) is 9.59 Å². The number of benzene rings is 4. The van der Waals surface area contributed by atoms with Crippen molar-refractivity contribution in [2.75, 3.05) is 10.6 Å². The summed E-state index contributed by atoms with van der Waals surface area (Å²) in [5.74, 6) is 0.806. The highest BCUT2D eigenvalue weighted by Gasteiger charge is 2.17. The minimum absolute atomic E-state index is 0.0288. The fourth-order valence-electron chi connectivity index (χ4n) is 4.76. The molecule has 0 saturated heterocycles. The number of rotatable bonds is 10. The third-order valence-electron chi connectivity index (χ3n) is 7.22. The second kappa shape index (κ2) is 17.0. The molecule has 0 aliphatic carbocycles. The standard InChI is InChI=1S/2C19H22ClNO/c2*1-13(2)11-15-7-9-16(10-8-15)14(3)19(22)21-18-6-4-5-17(20)12-18/h2*4-10,12-14H,11H2,1-3H3,(H,21,22)/t2*14-/m10/s1. The smallest absolute Gasteiger partial charge is 0.231 e. The number of carbonyl (C=O) groups excluding carboxylic acids is 2. The van der Waals surface area contributed by atoms with Crippen molar-refractivity contribution >= 4 is 46.4 Å². The zero-order chi connectivity index (χ0) is 32.2. The highest BCUT2D eigenvalue weighted by molar-refractivity contribution is 6.31. The van der Waals surface area contributed by atoms with E-state index in [4.69, 9.17) is 23.2 Å². The van der Waals surface area contributed by atoms with Gasteiger partial charge in [-0.1, -0.05) is 112 Å². The highest BCUT2D eigenvalue weighted by atomic mass is 35.5. The predicted molar refractivity (Wildman–Crippen MR) is 187 cm³/mol. The zero-order valence-corrected chi connectivity index (χ0v) is 28.0. The normalized spacial score (nSPS) is 12.2. The Morgan fingerprint density at radius 2 is 0.886 bits per heavy atom. The van der Waals surface area contributed by atoms with E-state index in [1.54, 1.807) is 24.3 Å². The van der Waals surface area contributed by atoms with Crippen LogP contribution in [0.25, 0.3) is 0 Å². The molecule has 0 heterocycles. The van der Waals surface area contributed by atoms with Crippen LogP contribution >= 0.6 is 23.2 Å². The molecule has 0 unspecified atom stereocenters. The van der Waals surface area contributed by atoms with E-state index in [2.05, 4.69) is 62.6 Å². The molecular formula is C38H44Cl2N2O2. The van der Waals surface area contributed by atoms with Crippen molar-refractivity contribution in [1.29, 1.82) is 0 Å². The molecule has 44 heavy (non-hydrogen) atoms. The Morgan fingerprint density at radius 1 is 0.545 bits per heavy atom. The maximum Gasteiger partial charge on any atom is 0.231 e. The minimum atomic E-state index is -0.202. The Hall–Kier alpha value is -3.60. The van der Waals surface area contributed by atoms with Gasteiger partial charge in [-0.05, 0) is 97.2 Å². The van der Waals surface area contributed by atoms with Gasteiger partial charge in [0, 0.05) is 21.4 Å². The summed E-state index contributed by atoms with van der Waals surface area (Å²) in [7, 11) is 0. The summed E-state index contributed by atoms with van der Waals surface area (Å²) in [6.07, 6.45) is 2.12. The first-order valence-electron chi connectivity index (χ1n) is 15.2. The van der Waals surface area contributed by atoms with E-state index in [0.29, 0.717) is 21.9 Å². The monoisotopic (exact) mass is 630 g/mol. The van der Waals surface area contributed by atoms with Gasteiger partial charge >= 0.3 is 0 Å². The molecule has 232 valence electrons. The number of carbonyl (C=O) groups is 2. The lowest BCUT2D eigenvalue weighted by Gasteiger charge is -2.14. The molecule has 0 bridgehead atoms. The number of halogens is 2. The van der Waals surface area contributed by atoms with Crippen molar-refractivity contribution in [3.05, 3.63) is 129 Å². The Bertz CT molecular complexity index is 1380. The molecule has 0 spiro atoms. The summed E-state index contributed by atoms with van der Waals surface area (Å²) in [6.45, 7) is 12.6. The van der Waals surface area contributed by atoms with E-state index >= 15 is 0 Å². The van der Waals surface area contributed by atoms with Crippen LogP contribution in [-0.4, -0.2) is 11.8 Å². The lowest BCUT2D eigenvalue weighted by atomic mass is 9.96. The summed E-state index contributed by atoms with van der Waals surface area (Å²) in [5, 5.41) is 7.04. The van der Waals surface area contributed by atoms with Crippen molar-refractivity contribution in [2.24, 2.45) is 11.8 Å². The van der Waals surface area contributed by atoms with E-state index in [1.165, 1.54) is 11.1 Å². The van der Waals surface area contributed by atoms with Gasteiger partial charge < -0.3 is 10.6 Å². The van der Waals surface area contributed by atoms with Crippen molar-refractivity contribution in [2.45, 2.75) is 66.2 Å². The van der Waals surface area contributed by atoms with Crippen LogP contribution in [0, 0.1) is 11.8 Å². The van der Waals surface area contributed by atoms with Crippen LogP contribution in [0.5, 0.6) is 0 Å². The fourth-order valence-corrected chi connectivity index (χ4v) is 5.14. The SMILES string of the molecule is CC(C)Cc1ccc([C@@H](C)C(=O)Nc2cccc(Cl)c2)cc1.CC(C)Cc1ccc([C@H](C)C(=O)Nc2cccc(Cl)c2)cc1. The van der Waals surface area contributed by atoms with Crippen LogP contribution in [-0.2, 0) is 22.4 Å².